The van der Waals surface area contributed by atoms with Gasteiger partial charge in [0.05, 0.1) is 0 Å². The second-order valence-corrected chi connectivity index (χ2v) is 7.01. The molecule has 0 atom stereocenters. The van der Waals surface area contributed by atoms with Crippen LogP contribution in [0.5, 0.6) is 5.75 Å². The third-order valence-electron chi connectivity index (χ3n) is 3.89. The normalized spacial score (nSPS) is 15.3. The average molecular weight is 344 g/mol. The van der Waals surface area contributed by atoms with E-state index in [0.29, 0.717) is 12.1 Å². The molecular formula is C17H23F3N2O2. The molecule has 1 aromatic heterocycles. The first kappa shape index (κ1) is 18.5. The molecule has 0 aliphatic heterocycles. The highest BCUT2D eigenvalue weighted by Gasteiger charge is 2.33. The highest BCUT2D eigenvalue weighted by atomic mass is 19.4. The van der Waals surface area contributed by atoms with Crippen LogP contribution in [-0.4, -0.2) is 40.7 Å². The fraction of sp³-hybridized carbons (Fsp3) is 0.647. The molecule has 0 unspecified atom stereocenters. The lowest BCUT2D eigenvalue weighted by Crippen LogP contribution is -2.45. The Morgan fingerprint density at radius 2 is 1.96 bits per heavy atom. The van der Waals surface area contributed by atoms with E-state index in [0.717, 1.165) is 12.8 Å². The third kappa shape index (κ3) is 4.61. The first-order valence-corrected chi connectivity index (χ1v) is 8.04. The van der Waals surface area contributed by atoms with Crippen molar-refractivity contribution < 1.29 is 22.7 Å². The molecule has 24 heavy (non-hydrogen) atoms. The quantitative estimate of drug-likeness (QED) is 0.805. The minimum absolute atomic E-state index is 0.105. The van der Waals surface area contributed by atoms with E-state index < -0.39 is 18.3 Å². The molecule has 1 aromatic rings. The summed E-state index contributed by atoms with van der Waals surface area (Å²) in [4.78, 5) is 18.5. The van der Waals surface area contributed by atoms with Crippen LogP contribution in [0.15, 0.2) is 12.3 Å². The van der Waals surface area contributed by atoms with Crippen LogP contribution in [0.25, 0.3) is 0 Å². The van der Waals surface area contributed by atoms with E-state index in [-0.39, 0.29) is 23.3 Å². The van der Waals surface area contributed by atoms with Crippen LogP contribution in [-0.2, 0) is 0 Å². The van der Waals surface area contributed by atoms with Gasteiger partial charge in [0.2, 0.25) is 0 Å². The molecule has 134 valence electrons. The molecule has 1 heterocycles. The molecular weight excluding hydrogens is 321 g/mol. The third-order valence-corrected chi connectivity index (χ3v) is 3.89. The lowest BCUT2D eigenvalue weighted by Gasteiger charge is -2.34. The van der Waals surface area contributed by atoms with Crippen LogP contribution in [0.3, 0.4) is 0 Å². The molecule has 0 radical (unpaired) electrons. The minimum Gasteiger partial charge on any atom is -0.484 e. The summed E-state index contributed by atoms with van der Waals surface area (Å²) >= 11 is 0. The summed E-state index contributed by atoms with van der Waals surface area (Å²) in [7, 11) is 0. The summed E-state index contributed by atoms with van der Waals surface area (Å²) in [6.45, 7) is 6.65. The predicted molar refractivity (Wildman–Crippen MR) is 84.2 cm³/mol. The Labute approximate surface area is 140 Å². The molecule has 4 nitrogen and oxygen atoms in total. The number of hydrogen-bond donors (Lipinski definition) is 0. The predicted octanol–water partition coefficient (Wildman–Crippen LogP) is 4.16. The van der Waals surface area contributed by atoms with E-state index in [9.17, 15) is 18.0 Å². The number of aromatic nitrogens is 1. The van der Waals surface area contributed by atoms with E-state index in [2.05, 4.69) is 4.98 Å². The monoisotopic (exact) mass is 344 g/mol. The molecule has 0 spiro atoms. The second kappa shape index (κ2) is 6.61. The number of carbonyl (C=O) groups is 1. The molecule has 1 saturated carbocycles. The fourth-order valence-corrected chi connectivity index (χ4v) is 2.61. The standard InChI is InChI=1S/C17H23F3N2O2/c1-5-22(16(2,3)4)15(23)13-8-14(24-10-17(18,19)20)12(9-21-13)11-6-7-11/h8-9,11H,5-7,10H2,1-4H3. The van der Waals surface area contributed by atoms with E-state index in [1.807, 2.05) is 27.7 Å². The summed E-state index contributed by atoms with van der Waals surface area (Å²) in [5.74, 6) is -0.0304. The number of nitrogens with zero attached hydrogens (tertiary/aromatic N) is 2. The van der Waals surface area contributed by atoms with Gasteiger partial charge in [0, 0.05) is 29.9 Å². The summed E-state index contributed by atoms with van der Waals surface area (Å²) in [6.07, 6.45) is -1.14. The Kier molecular flexibility index (Phi) is 5.11. The molecule has 7 heteroatoms. The molecule has 0 saturated heterocycles. The second-order valence-electron chi connectivity index (χ2n) is 7.01. The molecule has 0 N–H and O–H groups in total. The number of hydrogen-bond acceptors (Lipinski definition) is 3. The Morgan fingerprint density at radius 3 is 2.42 bits per heavy atom. The largest absolute Gasteiger partial charge is 0.484 e. The number of ether oxygens (including phenoxy) is 1. The van der Waals surface area contributed by atoms with Crippen molar-refractivity contribution in [3.63, 3.8) is 0 Å². The van der Waals surface area contributed by atoms with Gasteiger partial charge in [0.25, 0.3) is 5.91 Å². The van der Waals surface area contributed by atoms with E-state index in [4.69, 9.17) is 4.74 Å². The maximum atomic E-state index is 12.7. The number of alkyl halides is 3. The van der Waals surface area contributed by atoms with Gasteiger partial charge in [-0.15, -0.1) is 0 Å². The molecule has 0 bridgehead atoms. The van der Waals surface area contributed by atoms with Crippen LogP contribution in [0, 0.1) is 0 Å². The number of carbonyl (C=O) groups excluding carboxylic acids is 1. The van der Waals surface area contributed by atoms with Crippen molar-refractivity contribution in [3.05, 3.63) is 23.5 Å². The number of halogens is 3. The highest BCUT2D eigenvalue weighted by molar-refractivity contribution is 5.93. The highest BCUT2D eigenvalue weighted by Crippen LogP contribution is 2.44. The SMILES string of the molecule is CCN(C(=O)c1cc(OCC(F)(F)F)c(C2CC2)cn1)C(C)(C)C. The Bertz CT molecular complexity index is 605. The van der Waals surface area contributed by atoms with Crippen molar-refractivity contribution in [1.82, 2.24) is 9.88 Å². The van der Waals surface area contributed by atoms with Gasteiger partial charge in [-0.3, -0.25) is 9.78 Å². The smallest absolute Gasteiger partial charge is 0.422 e. The Balaban J connectivity index is 2.29. The maximum Gasteiger partial charge on any atom is 0.422 e. The molecule has 1 fully saturated rings. The van der Waals surface area contributed by atoms with Crippen molar-refractivity contribution in [3.8, 4) is 5.75 Å². The van der Waals surface area contributed by atoms with Gasteiger partial charge in [0.1, 0.15) is 11.4 Å². The van der Waals surface area contributed by atoms with Crippen molar-refractivity contribution >= 4 is 5.91 Å². The van der Waals surface area contributed by atoms with Gasteiger partial charge in [-0.05, 0) is 46.5 Å². The van der Waals surface area contributed by atoms with E-state index in [1.54, 1.807) is 4.90 Å². The maximum absolute atomic E-state index is 12.7. The first-order chi connectivity index (χ1) is 11.0. The van der Waals surface area contributed by atoms with E-state index in [1.165, 1.54) is 12.3 Å². The number of rotatable bonds is 5. The molecule has 1 amide bonds. The molecule has 2 rings (SSSR count). The summed E-state index contributed by atoms with van der Waals surface area (Å²) in [6, 6.07) is 1.34. The van der Waals surface area contributed by atoms with Crippen LogP contribution >= 0.6 is 0 Å². The van der Waals surface area contributed by atoms with Crippen molar-refractivity contribution in [2.45, 2.75) is 58.2 Å². The summed E-state index contributed by atoms with van der Waals surface area (Å²) in [5.41, 5.74) is 0.346. The van der Waals surface area contributed by atoms with E-state index >= 15 is 0 Å². The van der Waals surface area contributed by atoms with Crippen LogP contribution < -0.4 is 4.74 Å². The topological polar surface area (TPSA) is 42.4 Å². The Morgan fingerprint density at radius 1 is 1.33 bits per heavy atom. The summed E-state index contributed by atoms with van der Waals surface area (Å²) in [5, 5.41) is 0. The zero-order valence-corrected chi connectivity index (χ0v) is 14.4. The van der Waals surface area contributed by atoms with Gasteiger partial charge in [0.15, 0.2) is 6.61 Å². The first-order valence-electron chi connectivity index (χ1n) is 8.04. The van der Waals surface area contributed by atoms with Gasteiger partial charge in [-0.2, -0.15) is 13.2 Å². The zero-order chi connectivity index (χ0) is 18.1. The van der Waals surface area contributed by atoms with Crippen LogP contribution in [0.2, 0.25) is 0 Å². The van der Waals surface area contributed by atoms with Crippen molar-refractivity contribution in [2.75, 3.05) is 13.2 Å². The Hall–Kier alpha value is -1.79. The molecule has 1 aliphatic rings. The van der Waals surface area contributed by atoms with Gasteiger partial charge in [-0.1, -0.05) is 0 Å². The number of pyridine rings is 1. The van der Waals surface area contributed by atoms with Crippen molar-refractivity contribution in [2.24, 2.45) is 0 Å². The van der Waals surface area contributed by atoms with Gasteiger partial charge in [-0.25, -0.2) is 0 Å². The summed E-state index contributed by atoms with van der Waals surface area (Å²) < 4.78 is 42.4. The molecule has 0 aromatic carbocycles. The number of amides is 1. The lowest BCUT2D eigenvalue weighted by atomic mass is 10.0. The van der Waals surface area contributed by atoms with Gasteiger partial charge < -0.3 is 9.64 Å². The molecule has 1 aliphatic carbocycles. The van der Waals surface area contributed by atoms with Gasteiger partial charge >= 0.3 is 6.18 Å². The minimum atomic E-state index is -4.42. The lowest BCUT2D eigenvalue weighted by molar-refractivity contribution is -0.153. The van der Waals surface area contributed by atoms with Crippen LogP contribution in [0.1, 0.15) is 62.5 Å². The zero-order valence-electron chi connectivity index (χ0n) is 14.4. The fourth-order valence-electron chi connectivity index (χ4n) is 2.61. The average Bonchev–Trinajstić information content (AvgIpc) is 3.27. The van der Waals surface area contributed by atoms with Crippen molar-refractivity contribution in [1.29, 1.82) is 0 Å². The van der Waals surface area contributed by atoms with Crippen LogP contribution in [0.4, 0.5) is 13.2 Å².